The summed E-state index contributed by atoms with van der Waals surface area (Å²) in [5.74, 6) is 0.905. The van der Waals surface area contributed by atoms with Crippen molar-refractivity contribution in [3.8, 4) is 17.7 Å². The number of aromatic nitrogens is 3. The molecule has 0 saturated heterocycles. The maximum Gasteiger partial charge on any atom is 0.401 e. The van der Waals surface area contributed by atoms with Gasteiger partial charge in [-0.1, -0.05) is 12.1 Å². The molecule has 1 aromatic carbocycles. The van der Waals surface area contributed by atoms with Crippen LogP contribution in [-0.4, -0.2) is 32.0 Å². The van der Waals surface area contributed by atoms with E-state index in [2.05, 4.69) is 5.10 Å². The first-order valence-corrected chi connectivity index (χ1v) is 8.63. The smallest absolute Gasteiger partial charge is 0.401 e. The average Bonchev–Trinajstić information content (AvgIpc) is 3.25. The highest BCUT2D eigenvalue weighted by molar-refractivity contribution is 7.71. The van der Waals surface area contributed by atoms with Gasteiger partial charge in [0.05, 0.1) is 31.1 Å². The van der Waals surface area contributed by atoms with Crippen LogP contribution in [0, 0.1) is 16.1 Å². The fraction of sp³-hybridized carbons (Fsp3) is 0.278. The molecule has 10 heteroatoms. The molecule has 28 heavy (non-hydrogen) atoms. The summed E-state index contributed by atoms with van der Waals surface area (Å²) in [7, 11) is 1.68. The van der Waals surface area contributed by atoms with Crippen LogP contribution in [0.5, 0.6) is 0 Å². The zero-order chi connectivity index (χ0) is 20.3. The maximum atomic E-state index is 13.1. The third-order valence-electron chi connectivity index (χ3n) is 4.01. The molecular formula is C18H16F3N5OS. The lowest BCUT2D eigenvalue weighted by Crippen LogP contribution is -2.35. The number of alkyl halides is 3. The molecule has 2 heterocycles. The van der Waals surface area contributed by atoms with Crippen molar-refractivity contribution < 1.29 is 17.6 Å². The lowest BCUT2D eigenvalue weighted by Gasteiger charge is -2.23. The number of hydrogen-bond donors (Lipinski definition) is 0. The Bertz CT molecular complexity index is 1030. The summed E-state index contributed by atoms with van der Waals surface area (Å²) in [5, 5.41) is 13.2. The Morgan fingerprint density at radius 1 is 1.25 bits per heavy atom. The SMILES string of the molecule is Cn1c(-c2ccco2)nn(CN(Cc2ccc(C#N)cc2)CC(F)(F)F)c1=S. The summed E-state index contributed by atoms with van der Waals surface area (Å²) in [6.45, 7) is -1.24. The van der Waals surface area contributed by atoms with Crippen molar-refractivity contribution in [2.75, 3.05) is 6.54 Å². The Labute approximate surface area is 164 Å². The second-order valence-electron chi connectivity index (χ2n) is 6.19. The van der Waals surface area contributed by atoms with Gasteiger partial charge in [0, 0.05) is 13.6 Å². The van der Waals surface area contributed by atoms with Crippen molar-refractivity contribution in [3.05, 3.63) is 58.6 Å². The second-order valence-corrected chi connectivity index (χ2v) is 6.56. The molecule has 3 rings (SSSR count). The predicted molar refractivity (Wildman–Crippen MR) is 97.4 cm³/mol. The first-order chi connectivity index (χ1) is 13.3. The quantitative estimate of drug-likeness (QED) is 0.576. The molecule has 0 aliphatic heterocycles. The summed E-state index contributed by atoms with van der Waals surface area (Å²) < 4.78 is 47.7. The third-order valence-corrected chi connectivity index (χ3v) is 4.49. The van der Waals surface area contributed by atoms with Gasteiger partial charge in [0.2, 0.25) is 0 Å². The van der Waals surface area contributed by atoms with Gasteiger partial charge < -0.3 is 8.98 Å². The fourth-order valence-corrected chi connectivity index (χ4v) is 2.93. The van der Waals surface area contributed by atoms with Crippen LogP contribution in [0.4, 0.5) is 13.2 Å². The summed E-state index contributed by atoms with van der Waals surface area (Å²) in [6, 6.07) is 11.8. The number of halogens is 3. The predicted octanol–water partition coefficient (Wildman–Crippen LogP) is 4.10. The van der Waals surface area contributed by atoms with Gasteiger partial charge in [-0.3, -0.25) is 4.90 Å². The van der Waals surface area contributed by atoms with Crippen LogP contribution in [0.3, 0.4) is 0 Å². The maximum absolute atomic E-state index is 13.1. The van der Waals surface area contributed by atoms with Gasteiger partial charge in [-0.25, -0.2) is 4.68 Å². The van der Waals surface area contributed by atoms with Gasteiger partial charge in [-0.2, -0.15) is 18.4 Å². The molecule has 0 unspecified atom stereocenters. The van der Waals surface area contributed by atoms with Gasteiger partial charge in [0.1, 0.15) is 0 Å². The molecule has 0 aliphatic carbocycles. The molecule has 0 amide bonds. The van der Waals surface area contributed by atoms with Gasteiger partial charge in [0.25, 0.3) is 0 Å². The third kappa shape index (κ3) is 4.68. The molecule has 0 fully saturated rings. The first kappa shape index (κ1) is 19.9. The highest BCUT2D eigenvalue weighted by Gasteiger charge is 2.31. The van der Waals surface area contributed by atoms with Crippen LogP contribution < -0.4 is 0 Å². The van der Waals surface area contributed by atoms with Crippen molar-refractivity contribution in [1.82, 2.24) is 19.2 Å². The average molecular weight is 407 g/mol. The van der Waals surface area contributed by atoms with Gasteiger partial charge in [-0.15, -0.1) is 5.10 Å². The molecule has 0 aliphatic rings. The second kappa shape index (κ2) is 8.00. The van der Waals surface area contributed by atoms with E-state index in [1.807, 2.05) is 6.07 Å². The first-order valence-electron chi connectivity index (χ1n) is 8.22. The Kier molecular flexibility index (Phi) is 5.67. The Morgan fingerprint density at radius 3 is 2.54 bits per heavy atom. The molecule has 0 radical (unpaired) electrons. The van der Waals surface area contributed by atoms with Crippen molar-refractivity contribution in [3.63, 3.8) is 0 Å². The van der Waals surface area contributed by atoms with Crippen molar-refractivity contribution in [2.24, 2.45) is 7.05 Å². The fourth-order valence-electron chi connectivity index (χ4n) is 2.74. The normalized spacial score (nSPS) is 11.7. The van der Waals surface area contributed by atoms with Crippen molar-refractivity contribution in [1.29, 1.82) is 5.26 Å². The minimum absolute atomic E-state index is 0.0274. The topological polar surface area (TPSA) is 62.9 Å². The van der Waals surface area contributed by atoms with Gasteiger partial charge in [-0.05, 0) is 42.0 Å². The molecule has 3 aromatic rings. The summed E-state index contributed by atoms with van der Waals surface area (Å²) in [6.07, 6.45) is -2.90. The van der Waals surface area contributed by atoms with E-state index in [4.69, 9.17) is 21.9 Å². The van der Waals surface area contributed by atoms with E-state index in [9.17, 15) is 13.2 Å². The lowest BCUT2D eigenvalue weighted by atomic mass is 10.1. The number of rotatable bonds is 6. The molecule has 6 nitrogen and oxygen atoms in total. The van der Waals surface area contributed by atoms with E-state index in [1.54, 1.807) is 48.0 Å². The lowest BCUT2D eigenvalue weighted by molar-refractivity contribution is -0.151. The number of furan rings is 1. The van der Waals surface area contributed by atoms with Gasteiger partial charge >= 0.3 is 6.18 Å². The van der Waals surface area contributed by atoms with Crippen molar-refractivity contribution in [2.45, 2.75) is 19.4 Å². The largest absolute Gasteiger partial charge is 0.461 e. The molecule has 0 N–H and O–H groups in total. The minimum Gasteiger partial charge on any atom is -0.461 e. The standard InChI is InChI=1S/C18H16F3N5OS/c1-24-16(15-3-2-8-27-15)23-26(17(24)28)12-25(11-18(19,20)21)10-14-6-4-13(9-22)5-7-14/h2-8H,10-12H2,1H3. The van der Waals surface area contributed by atoms with E-state index in [0.717, 1.165) is 0 Å². The van der Waals surface area contributed by atoms with Crippen LogP contribution in [0.1, 0.15) is 11.1 Å². The van der Waals surface area contributed by atoms with Crippen LogP contribution in [0.15, 0.2) is 47.1 Å². The highest BCUT2D eigenvalue weighted by atomic mass is 32.1. The Balaban J connectivity index is 1.86. The summed E-state index contributed by atoms with van der Waals surface area (Å²) >= 11 is 5.32. The number of hydrogen-bond acceptors (Lipinski definition) is 5. The van der Waals surface area contributed by atoms with Crippen LogP contribution in [0.2, 0.25) is 0 Å². The zero-order valence-corrected chi connectivity index (χ0v) is 15.7. The monoisotopic (exact) mass is 407 g/mol. The number of nitrogens with zero attached hydrogens (tertiary/aromatic N) is 5. The molecule has 0 saturated carbocycles. The van der Waals surface area contributed by atoms with E-state index < -0.39 is 12.7 Å². The van der Waals surface area contributed by atoms with Crippen LogP contribution >= 0.6 is 12.2 Å². The highest BCUT2D eigenvalue weighted by Crippen LogP contribution is 2.21. The van der Waals surface area contributed by atoms with E-state index >= 15 is 0 Å². The van der Waals surface area contributed by atoms with Crippen LogP contribution in [0.25, 0.3) is 11.6 Å². The molecule has 0 spiro atoms. The molecule has 146 valence electrons. The zero-order valence-electron chi connectivity index (χ0n) is 14.8. The van der Waals surface area contributed by atoms with E-state index in [1.165, 1.54) is 15.8 Å². The van der Waals surface area contributed by atoms with E-state index in [-0.39, 0.29) is 18.0 Å². The van der Waals surface area contributed by atoms with Gasteiger partial charge in [0.15, 0.2) is 16.4 Å². The van der Waals surface area contributed by atoms with Crippen molar-refractivity contribution >= 4 is 12.2 Å². The van der Waals surface area contributed by atoms with Crippen LogP contribution in [-0.2, 0) is 20.3 Å². The molecule has 0 bridgehead atoms. The minimum atomic E-state index is -4.38. The Hall–Kier alpha value is -2.90. The number of nitriles is 1. The molecule has 0 atom stereocenters. The Morgan fingerprint density at radius 2 is 1.96 bits per heavy atom. The summed E-state index contributed by atoms with van der Waals surface area (Å²) in [4.78, 5) is 1.19. The van der Waals surface area contributed by atoms with E-state index in [0.29, 0.717) is 22.7 Å². The number of benzene rings is 1. The summed E-state index contributed by atoms with van der Waals surface area (Å²) in [5.41, 5.74) is 1.10. The molecule has 2 aromatic heterocycles. The molecular weight excluding hydrogens is 391 g/mol.